The molecule has 0 bridgehead atoms. The van der Waals surface area contributed by atoms with Gasteiger partial charge in [-0.15, -0.1) is 0 Å². The minimum Gasteiger partial charge on any atom is -0.508 e. The largest absolute Gasteiger partial charge is 0.508 e. The van der Waals surface area contributed by atoms with Gasteiger partial charge in [-0.3, -0.25) is 4.79 Å². The Hall–Kier alpha value is -1.36. The van der Waals surface area contributed by atoms with Crippen molar-refractivity contribution in [2.24, 2.45) is 0 Å². The first-order valence-electron chi connectivity index (χ1n) is 4.22. The molecule has 78 valence electrons. The molecule has 1 unspecified atom stereocenters. The zero-order valence-electron chi connectivity index (χ0n) is 7.50. The highest BCUT2D eigenvalue weighted by Gasteiger charge is 2.19. The van der Waals surface area contributed by atoms with E-state index in [1.165, 1.54) is 18.3 Å². The van der Waals surface area contributed by atoms with E-state index in [9.17, 15) is 14.3 Å². The van der Waals surface area contributed by atoms with E-state index in [1.807, 2.05) is 0 Å². The number of rotatable bonds is 2. The van der Waals surface area contributed by atoms with Crippen LogP contribution < -0.4 is 0 Å². The van der Waals surface area contributed by atoms with E-state index in [2.05, 4.69) is 20.9 Å². The number of phenolic OH excluding ortho intramolecular Hbond substituents is 1. The van der Waals surface area contributed by atoms with Gasteiger partial charge in [0.1, 0.15) is 5.75 Å². The number of H-pyrrole nitrogens is 1. The Morgan fingerprint density at radius 1 is 1.53 bits per heavy atom. The van der Waals surface area contributed by atoms with Gasteiger partial charge in [0.25, 0.3) is 0 Å². The maximum absolute atomic E-state index is 12.8. The number of ketones is 1. The Balaban J connectivity index is 2.62. The van der Waals surface area contributed by atoms with Gasteiger partial charge in [0.15, 0.2) is 0 Å². The SMILES string of the molecule is O=C(c1c[nH]c2ccc(O)cc12)C(F)Br. The van der Waals surface area contributed by atoms with Crippen molar-refractivity contribution in [2.75, 3.05) is 0 Å². The number of hydrogen-bond donors (Lipinski definition) is 2. The average molecular weight is 272 g/mol. The summed E-state index contributed by atoms with van der Waals surface area (Å²) in [5.41, 5.74) is 0.912. The summed E-state index contributed by atoms with van der Waals surface area (Å²) >= 11 is 2.57. The van der Waals surface area contributed by atoms with E-state index >= 15 is 0 Å². The standard InChI is InChI=1S/C10H7BrFNO2/c11-10(12)9(15)7-4-13-8-2-1-5(14)3-6(7)8/h1-4,10,13-14H. The minimum absolute atomic E-state index is 0.0427. The Labute approximate surface area is 93.0 Å². The van der Waals surface area contributed by atoms with Gasteiger partial charge in [-0.05, 0) is 34.1 Å². The Morgan fingerprint density at radius 2 is 2.27 bits per heavy atom. The number of aromatic nitrogens is 1. The summed E-state index contributed by atoms with van der Waals surface area (Å²) in [5.74, 6) is -0.618. The van der Waals surface area contributed by atoms with Crippen LogP contribution in [0.5, 0.6) is 5.75 Å². The lowest BCUT2D eigenvalue weighted by Crippen LogP contribution is -2.07. The van der Waals surface area contributed by atoms with Gasteiger partial charge >= 0.3 is 0 Å². The summed E-state index contributed by atoms with van der Waals surface area (Å²) in [5, 5.41) is 8.06. The van der Waals surface area contributed by atoms with Crippen LogP contribution in [0, 0.1) is 0 Å². The third kappa shape index (κ3) is 1.74. The van der Waals surface area contributed by atoms with Crippen LogP contribution >= 0.6 is 15.9 Å². The van der Waals surface area contributed by atoms with Gasteiger partial charge in [-0.25, -0.2) is 4.39 Å². The summed E-state index contributed by atoms with van der Waals surface area (Å²) in [4.78, 5) is 14.2. The lowest BCUT2D eigenvalue weighted by Gasteiger charge is -1.98. The number of benzene rings is 1. The Bertz CT molecular complexity index is 521. The second-order valence-corrected chi connectivity index (χ2v) is 3.90. The number of nitrogens with one attached hydrogen (secondary N) is 1. The number of carbonyl (C=O) groups is 1. The number of phenols is 1. The monoisotopic (exact) mass is 271 g/mol. The van der Waals surface area contributed by atoms with Crippen LogP contribution in [-0.4, -0.2) is 21.0 Å². The van der Waals surface area contributed by atoms with Crippen molar-refractivity contribution in [1.82, 2.24) is 4.98 Å². The highest BCUT2D eigenvalue weighted by atomic mass is 79.9. The molecular formula is C10H7BrFNO2. The molecule has 0 radical (unpaired) electrons. The Kier molecular flexibility index (Phi) is 2.48. The van der Waals surface area contributed by atoms with Crippen molar-refractivity contribution < 1.29 is 14.3 Å². The zero-order chi connectivity index (χ0) is 11.0. The van der Waals surface area contributed by atoms with Crippen LogP contribution in [0.1, 0.15) is 10.4 Å². The van der Waals surface area contributed by atoms with Crippen LogP contribution in [0.2, 0.25) is 0 Å². The molecule has 3 nitrogen and oxygen atoms in total. The molecule has 2 rings (SSSR count). The second-order valence-electron chi connectivity index (χ2n) is 3.10. The van der Waals surface area contributed by atoms with Gasteiger partial charge < -0.3 is 10.1 Å². The average Bonchev–Trinajstić information content (AvgIpc) is 2.59. The second kappa shape index (κ2) is 3.66. The van der Waals surface area contributed by atoms with Crippen molar-refractivity contribution >= 4 is 32.6 Å². The first-order valence-corrected chi connectivity index (χ1v) is 5.13. The lowest BCUT2D eigenvalue weighted by molar-refractivity contribution is 0.0944. The molecule has 1 aromatic carbocycles. The number of fused-ring (bicyclic) bond motifs is 1. The molecule has 1 aromatic heterocycles. The molecule has 0 aliphatic rings. The molecule has 0 aliphatic heterocycles. The number of aromatic amines is 1. The molecule has 0 saturated heterocycles. The van der Waals surface area contributed by atoms with Gasteiger partial charge in [0.05, 0.1) is 0 Å². The molecular weight excluding hydrogens is 265 g/mol. The number of carbonyl (C=O) groups excluding carboxylic acids is 1. The van der Waals surface area contributed by atoms with Crippen molar-refractivity contribution in [3.63, 3.8) is 0 Å². The summed E-state index contributed by atoms with van der Waals surface area (Å²) in [6.45, 7) is 0. The van der Waals surface area contributed by atoms with E-state index in [-0.39, 0.29) is 11.3 Å². The summed E-state index contributed by atoms with van der Waals surface area (Å²) < 4.78 is 12.8. The maximum Gasteiger partial charge on any atom is 0.217 e. The summed E-state index contributed by atoms with van der Waals surface area (Å²) in [6.07, 6.45) is 1.43. The maximum atomic E-state index is 12.8. The predicted molar refractivity (Wildman–Crippen MR) is 58.1 cm³/mol. The molecule has 0 fully saturated rings. The summed E-state index contributed by atoms with van der Waals surface area (Å²) in [6, 6.07) is 4.55. The van der Waals surface area contributed by atoms with Crippen molar-refractivity contribution in [2.45, 2.75) is 5.08 Å². The van der Waals surface area contributed by atoms with Gasteiger partial charge in [-0.2, -0.15) is 0 Å². The van der Waals surface area contributed by atoms with Crippen LogP contribution in [0.25, 0.3) is 10.9 Å². The first kappa shape index (κ1) is 10.2. The van der Waals surface area contributed by atoms with Crippen LogP contribution in [0.3, 0.4) is 0 Å². The van der Waals surface area contributed by atoms with Crippen LogP contribution in [0.15, 0.2) is 24.4 Å². The highest BCUT2D eigenvalue weighted by molar-refractivity contribution is 9.09. The van der Waals surface area contributed by atoms with E-state index in [4.69, 9.17) is 0 Å². The molecule has 2 aromatic rings. The number of Topliss-reactive ketones (excluding diaryl/α,β-unsaturated/α-hetero) is 1. The van der Waals surface area contributed by atoms with E-state index < -0.39 is 10.9 Å². The fraction of sp³-hybridized carbons (Fsp3) is 0.100. The minimum atomic E-state index is -1.72. The molecule has 1 heterocycles. The lowest BCUT2D eigenvalue weighted by atomic mass is 10.1. The topological polar surface area (TPSA) is 53.1 Å². The van der Waals surface area contributed by atoms with Crippen molar-refractivity contribution in [3.8, 4) is 5.75 Å². The van der Waals surface area contributed by atoms with Crippen molar-refractivity contribution in [1.29, 1.82) is 0 Å². The third-order valence-corrected chi connectivity index (χ3v) is 2.54. The quantitative estimate of drug-likeness (QED) is 0.652. The van der Waals surface area contributed by atoms with E-state index in [1.54, 1.807) is 6.07 Å². The fourth-order valence-corrected chi connectivity index (χ4v) is 1.68. The molecule has 0 aliphatic carbocycles. The van der Waals surface area contributed by atoms with E-state index in [0.29, 0.717) is 10.9 Å². The van der Waals surface area contributed by atoms with Crippen LogP contribution in [-0.2, 0) is 0 Å². The number of alkyl halides is 2. The molecule has 5 heteroatoms. The molecule has 0 saturated carbocycles. The van der Waals surface area contributed by atoms with E-state index in [0.717, 1.165) is 0 Å². The van der Waals surface area contributed by atoms with Crippen LogP contribution in [0.4, 0.5) is 4.39 Å². The Morgan fingerprint density at radius 3 is 2.93 bits per heavy atom. The zero-order valence-corrected chi connectivity index (χ0v) is 9.08. The number of hydrogen-bond acceptors (Lipinski definition) is 2. The molecule has 15 heavy (non-hydrogen) atoms. The number of halogens is 2. The predicted octanol–water partition coefficient (Wildman–Crippen LogP) is 2.75. The molecule has 1 atom stereocenters. The van der Waals surface area contributed by atoms with Crippen molar-refractivity contribution in [3.05, 3.63) is 30.0 Å². The van der Waals surface area contributed by atoms with Gasteiger partial charge in [0.2, 0.25) is 10.9 Å². The molecule has 0 amide bonds. The first-order chi connectivity index (χ1) is 7.09. The van der Waals surface area contributed by atoms with Gasteiger partial charge in [-0.1, -0.05) is 0 Å². The number of aromatic hydroxyl groups is 1. The fourth-order valence-electron chi connectivity index (χ4n) is 1.43. The smallest absolute Gasteiger partial charge is 0.217 e. The molecule has 2 N–H and O–H groups in total. The third-order valence-electron chi connectivity index (χ3n) is 2.13. The van der Waals surface area contributed by atoms with Gasteiger partial charge in [0, 0.05) is 22.7 Å². The summed E-state index contributed by atoms with van der Waals surface area (Å²) in [7, 11) is 0. The highest BCUT2D eigenvalue weighted by Crippen LogP contribution is 2.25. The molecule has 0 spiro atoms. The normalized spacial score (nSPS) is 12.9.